The largest absolute Gasteiger partial charge is 0.493 e. The van der Waals surface area contributed by atoms with Crippen LogP contribution >= 0.6 is 0 Å². The molecule has 3 nitrogen and oxygen atoms in total. The molecule has 1 aliphatic rings. The van der Waals surface area contributed by atoms with Gasteiger partial charge < -0.3 is 9.47 Å². The highest BCUT2D eigenvalue weighted by atomic mass is 16.5. The first kappa shape index (κ1) is 22.2. The van der Waals surface area contributed by atoms with Crippen molar-refractivity contribution in [3.8, 4) is 11.5 Å². The molecule has 0 fully saturated rings. The maximum Gasteiger partial charge on any atom is 0.131 e. The summed E-state index contributed by atoms with van der Waals surface area (Å²) >= 11 is 0. The molecule has 34 heavy (non-hydrogen) atoms. The van der Waals surface area contributed by atoms with E-state index in [1.807, 2.05) is 50.5 Å². The summed E-state index contributed by atoms with van der Waals surface area (Å²) in [7, 11) is 0. The molecule has 1 aliphatic carbocycles. The molecular weight excluding hydrogens is 418 g/mol. The van der Waals surface area contributed by atoms with Gasteiger partial charge in [0.05, 0.1) is 18.6 Å². The van der Waals surface area contributed by atoms with Crippen molar-refractivity contribution in [2.24, 2.45) is 0 Å². The van der Waals surface area contributed by atoms with Crippen molar-refractivity contribution in [2.75, 3.05) is 13.2 Å². The van der Waals surface area contributed by atoms with E-state index >= 15 is 0 Å². The van der Waals surface area contributed by atoms with Crippen LogP contribution in [-0.4, -0.2) is 18.2 Å². The normalized spacial score (nSPS) is 12.8. The highest BCUT2D eigenvalue weighted by molar-refractivity contribution is 6.13. The molecule has 3 heteroatoms. The molecule has 0 bridgehead atoms. The van der Waals surface area contributed by atoms with Gasteiger partial charge in [-0.1, -0.05) is 48.5 Å². The lowest BCUT2D eigenvalue weighted by Gasteiger charge is -2.21. The van der Waals surface area contributed by atoms with Crippen LogP contribution in [0.25, 0.3) is 32.3 Å². The Labute approximate surface area is 201 Å². The van der Waals surface area contributed by atoms with Crippen LogP contribution in [0.4, 0.5) is 0 Å². The van der Waals surface area contributed by atoms with Crippen LogP contribution in [0.1, 0.15) is 37.8 Å². The van der Waals surface area contributed by atoms with Crippen molar-refractivity contribution in [2.45, 2.75) is 39.5 Å². The lowest BCUT2D eigenvalue weighted by Crippen LogP contribution is -2.04. The number of fused-ring (bicyclic) bond motifs is 6. The van der Waals surface area contributed by atoms with Crippen LogP contribution in [0.15, 0.2) is 79.1 Å². The maximum atomic E-state index is 6.03. The van der Waals surface area contributed by atoms with Crippen molar-refractivity contribution in [1.29, 1.82) is 0 Å². The summed E-state index contributed by atoms with van der Waals surface area (Å²) in [5.74, 6) is 1.86. The van der Waals surface area contributed by atoms with Crippen LogP contribution in [0.5, 0.6) is 11.5 Å². The van der Waals surface area contributed by atoms with E-state index in [1.165, 1.54) is 63.7 Å². The van der Waals surface area contributed by atoms with E-state index < -0.39 is 0 Å². The number of aryl methyl sites for hydroxylation is 2. The molecule has 4 aromatic carbocycles. The van der Waals surface area contributed by atoms with Gasteiger partial charge in [-0.25, -0.2) is 0 Å². The van der Waals surface area contributed by atoms with Crippen LogP contribution in [0.2, 0.25) is 0 Å². The second-order valence-electron chi connectivity index (χ2n) is 8.65. The Hall–Kier alpha value is -3.59. The first-order chi connectivity index (χ1) is 16.8. The van der Waals surface area contributed by atoms with Gasteiger partial charge in [0.2, 0.25) is 0 Å². The molecule has 0 unspecified atom stereocenters. The molecule has 0 aliphatic heterocycles. The van der Waals surface area contributed by atoms with Crippen molar-refractivity contribution in [3.05, 3.63) is 90.3 Å². The van der Waals surface area contributed by atoms with E-state index in [0.29, 0.717) is 13.2 Å². The van der Waals surface area contributed by atoms with E-state index in [2.05, 4.69) is 47.4 Å². The number of benzene rings is 4. The summed E-state index contributed by atoms with van der Waals surface area (Å²) in [6, 6.07) is 23.4. The quantitative estimate of drug-likeness (QED) is 0.261. The minimum absolute atomic E-state index is 0.660. The maximum absolute atomic E-state index is 6.03. The van der Waals surface area contributed by atoms with Gasteiger partial charge in [-0.2, -0.15) is 0 Å². The molecular formula is C31H31NO2. The minimum atomic E-state index is 0.660. The van der Waals surface area contributed by atoms with Gasteiger partial charge >= 0.3 is 0 Å². The number of nitrogens with zero attached hydrogens (tertiary/aromatic N) is 1. The summed E-state index contributed by atoms with van der Waals surface area (Å²) in [5.41, 5.74) is 3.03. The third-order valence-electron chi connectivity index (χ3n) is 6.56. The first-order valence-electron chi connectivity index (χ1n) is 12.3. The van der Waals surface area contributed by atoms with Crippen molar-refractivity contribution >= 4 is 32.3 Å². The predicted octanol–water partition coefficient (Wildman–Crippen LogP) is 7.90. The SMILES string of the molecule is CCOc1cccc2c1c(OCC)cc1c3c(ccc12)CCCC3.c1ccc2cnccc2c1. The van der Waals surface area contributed by atoms with E-state index in [-0.39, 0.29) is 0 Å². The predicted molar refractivity (Wildman–Crippen MR) is 142 cm³/mol. The summed E-state index contributed by atoms with van der Waals surface area (Å²) < 4.78 is 11.9. The Morgan fingerprint density at radius 1 is 0.706 bits per heavy atom. The zero-order valence-corrected chi connectivity index (χ0v) is 20.0. The molecule has 0 radical (unpaired) electrons. The smallest absolute Gasteiger partial charge is 0.131 e. The van der Waals surface area contributed by atoms with Gasteiger partial charge in [-0.15, -0.1) is 0 Å². The third kappa shape index (κ3) is 4.31. The zero-order chi connectivity index (χ0) is 23.3. The Bertz CT molecular complexity index is 1380. The number of aromatic nitrogens is 1. The lowest BCUT2D eigenvalue weighted by atomic mass is 9.86. The van der Waals surface area contributed by atoms with Crippen molar-refractivity contribution in [1.82, 2.24) is 4.98 Å². The molecule has 5 aromatic rings. The average Bonchev–Trinajstić information content (AvgIpc) is 2.89. The van der Waals surface area contributed by atoms with Gasteiger partial charge in [0, 0.05) is 12.4 Å². The standard InChI is InChI=1S/C22H24O2.C9H7N/c1-3-23-20-11-7-10-18-17-13-12-15-8-5-6-9-16(15)19(17)14-21(22(18)20)24-4-2;1-2-4-9-7-10-6-5-8(9)3-1/h7,10-14H,3-6,8-9H2,1-2H3;1-7H. The number of ether oxygens (including phenoxy) is 2. The van der Waals surface area contributed by atoms with Gasteiger partial charge in [-0.3, -0.25) is 4.98 Å². The van der Waals surface area contributed by atoms with Gasteiger partial charge in [-0.05, 0) is 95.8 Å². The molecule has 172 valence electrons. The molecule has 0 atom stereocenters. The summed E-state index contributed by atoms with van der Waals surface area (Å²) in [4.78, 5) is 4.01. The molecule has 0 spiro atoms. The van der Waals surface area contributed by atoms with Crippen LogP contribution in [0.3, 0.4) is 0 Å². The van der Waals surface area contributed by atoms with E-state index in [4.69, 9.17) is 9.47 Å². The lowest BCUT2D eigenvalue weighted by molar-refractivity contribution is 0.332. The minimum Gasteiger partial charge on any atom is -0.493 e. The Morgan fingerprint density at radius 2 is 1.50 bits per heavy atom. The zero-order valence-electron chi connectivity index (χ0n) is 20.0. The molecule has 0 amide bonds. The highest BCUT2D eigenvalue weighted by Gasteiger charge is 2.17. The number of pyridine rings is 1. The summed E-state index contributed by atoms with van der Waals surface area (Å²) in [6.07, 6.45) is 8.64. The van der Waals surface area contributed by atoms with Gasteiger partial charge in [0.1, 0.15) is 11.5 Å². The van der Waals surface area contributed by atoms with Gasteiger partial charge in [0.25, 0.3) is 0 Å². The summed E-state index contributed by atoms with van der Waals surface area (Å²) in [5, 5.41) is 7.45. The highest BCUT2D eigenvalue weighted by Crippen LogP contribution is 2.42. The second kappa shape index (κ2) is 10.1. The monoisotopic (exact) mass is 449 g/mol. The van der Waals surface area contributed by atoms with E-state index in [1.54, 1.807) is 0 Å². The molecule has 0 saturated heterocycles. The van der Waals surface area contributed by atoms with E-state index in [9.17, 15) is 0 Å². The fourth-order valence-corrected chi connectivity index (χ4v) is 5.04. The fraction of sp³-hybridized carbons (Fsp3) is 0.258. The number of rotatable bonds is 4. The molecule has 6 rings (SSSR count). The Balaban J connectivity index is 0.000000200. The number of hydrogen-bond donors (Lipinski definition) is 0. The molecule has 0 saturated carbocycles. The van der Waals surface area contributed by atoms with Crippen molar-refractivity contribution < 1.29 is 9.47 Å². The molecule has 0 N–H and O–H groups in total. The second-order valence-corrected chi connectivity index (χ2v) is 8.65. The topological polar surface area (TPSA) is 31.4 Å². The van der Waals surface area contributed by atoms with Crippen LogP contribution < -0.4 is 9.47 Å². The third-order valence-corrected chi connectivity index (χ3v) is 6.56. The van der Waals surface area contributed by atoms with E-state index in [0.717, 1.165) is 16.9 Å². The van der Waals surface area contributed by atoms with Crippen LogP contribution in [0, 0.1) is 0 Å². The Morgan fingerprint density at radius 3 is 2.32 bits per heavy atom. The molecule has 1 aromatic heterocycles. The van der Waals surface area contributed by atoms with Crippen molar-refractivity contribution in [3.63, 3.8) is 0 Å². The average molecular weight is 450 g/mol. The van der Waals surface area contributed by atoms with Gasteiger partial charge in [0.15, 0.2) is 0 Å². The van der Waals surface area contributed by atoms with Crippen LogP contribution in [-0.2, 0) is 12.8 Å². The first-order valence-corrected chi connectivity index (χ1v) is 12.3. The summed E-state index contributed by atoms with van der Waals surface area (Å²) in [6.45, 7) is 5.39. The Kier molecular flexibility index (Phi) is 6.62. The molecule has 1 heterocycles. The fourth-order valence-electron chi connectivity index (χ4n) is 5.04. The number of hydrogen-bond acceptors (Lipinski definition) is 3.